The number of ether oxygens (including phenoxy) is 1. The van der Waals surface area contributed by atoms with Crippen LogP contribution >= 0.6 is 0 Å². The van der Waals surface area contributed by atoms with Crippen molar-refractivity contribution < 1.29 is 14.5 Å². The van der Waals surface area contributed by atoms with E-state index in [4.69, 9.17) is 10.5 Å². The molecule has 1 rings (SSSR count). The topological polar surface area (TPSA) is 107 Å². The Morgan fingerprint density at radius 1 is 1.45 bits per heavy atom. The lowest BCUT2D eigenvalue weighted by molar-refractivity contribution is -0.384. The van der Waals surface area contributed by atoms with Crippen molar-refractivity contribution in [2.24, 2.45) is 0 Å². The van der Waals surface area contributed by atoms with Gasteiger partial charge in [-0.15, -0.1) is 0 Å². The van der Waals surface area contributed by atoms with Crippen molar-refractivity contribution in [3.05, 3.63) is 33.9 Å². The van der Waals surface area contributed by atoms with Crippen LogP contribution in [0.5, 0.6) is 0 Å². The van der Waals surface area contributed by atoms with Crippen molar-refractivity contribution in [1.29, 1.82) is 0 Å². The van der Waals surface area contributed by atoms with E-state index in [2.05, 4.69) is 5.32 Å². The Morgan fingerprint density at radius 3 is 2.55 bits per heavy atom. The van der Waals surface area contributed by atoms with Crippen LogP contribution in [0.4, 0.5) is 16.2 Å². The van der Waals surface area contributed by atoms with Crippen LogP contribution in [-0.2, 0) is 4.74 Å². The van der Waals surface area contributed by atoms with E-state index in [9.17, 15) is 14.9 Å². The number of nitrogen functional groups attached to an aromatic ring is 1. The van der Waals surface area contributed by atoms with Crippen LogP contribution in [-0.4, -0.2) is 16.6 Å². The van der Waals surface area contributed by atoms with E-state index in [-0.39, 0.29) is 11.4 Å². The van der Waals surface area contributed by atoms with Gasteiger partial charge in [0, 0.05) is 6.07 Å². The molecule has 20 heavy (non-hydrogen) atoms. The van der Waals surface area contributed by atoms with E-state index in [1.807, 2.05) is 0 Å². The molecule has 1 aromatic carbocycles. The highest BCUT2D eigenvalue weighted by Crippen LogP contribution is 2.25. The fraction of sp³-hybridized carbons (Fsp3) is 0.462. The molecule has 0 bridgehead atoms. The molecule has 3 N–H and O–H groups in total. The standard InChI is InChI=1S/C13H19N3O4/c1-8(15-12(17)20-13(2,3)4)9-5-6-10(14)11(7-9)16(18)19/h5-8H,14H2,1-4H3,(H,15,17)/t8-/m0/s1. The largest absolute Gasteiger partial charge is 0.444 e. The fourth-order valence-corrected chi connectivity index (χ4v) is 1.56. The molecule has 1 amide bonds. The van der Waals surface area contributed by atoms with Gasteiger partial charge in [-0.2, -0.15) is 0 Å². The van der Waals surface area contributed by atoms with Crippen molar-refractivity contribution in [1.82, 2.24) is 5.32 Å². The third-order valence-corrected chi connectivity index (χ3v) is 2.48. The Hall–Kier alpha value is -2.31. The van der Waals surface area contributed by atoms with E-state index in [0.29, 0.717) is 5.56 Å². The molecule has 0 fully saturated rings. The second-order valence-corrected chi connectivity index (χ2v) is 5.44. The van der Waals surface area contributed by atoms with E-state index in [0.717, 1.165) is 0 Å². The predicted octanol–water partition coefficient (Wildman–Crippen LogP) is 2.76. The molecule has 1 aromatic rings. The zero-order valence-electron chi connectivity index (χ0n) is 12.0. The Kier molecular flexibility index (Phi) is 4.54. The van der Waals surface area contributed by atoms with Crippen LogP contribution in [0.1, 0.15) is 39.3 Å². The molecule has 1 atom stereocenters. The molecule has 0 spiro atoms. The van der Waals surface area contributed by atoms with Crippen LogP contribution < -0.4 is 11.1 Å². The normalized spacial score (nSPS) is 12.6. The minimum absolute atomic E-state index is 0.0863. The quantitative estimate of drug-likeness (QED) is 0.503. The number of rotatable bonds is 3. The SMILES string of the molecule is C[C@H](NC(=O)OC(C)(C)C)c1ccc(N)c([N+](=O)[O-])c1. The summed E-state index contributed by atoms with van der Waals surface area (Å²) >= 11 is 0. The van der Waals surface area contributed by atoms with Gasteiger partial charge in [0.15, 0.2) is 0 Å². The number of benzene rings is 1. The smallest absolute Gasteiger partial charge is 0.408 e. The Balaban J connectivity index is 2.83. The van der Waals surface area contributed by atoms with Gasteiger partial charge in [0.1, 0.15) is 11.3 Å². The van der Waals surface area contributed by atoms with Crippen molar-refractivity contribution in [3.63, 3.8) is 0 Å². The molecule has 7 heteroatoms. The summed E-state index contributed by atoms with van der Waals surface area (Å²) in [5.41, 5.74) is 5.41. The number of carbonyl (C=O) groups is 1. The predicted molar refractivity (Wildman–Crippen MR) is 75.3 cm³/mol. The second-order valence-electron chi connectivity index (χ2n) is 5.44. The molecule has 110 valence electrons. The number of hydrogen-bond acceptors (Lipinski definition) is 5. The van der Waals surface area contributed by atoms with Gasteiger partial charge in [-0.1, -0.05) is 6.07 Å². The Morgan fingerprint density at radius 2 is 2.05 bits per heavy atom. The summed E-state index contributed by atoms with van der Waals surface area (Å²) in [7, 11) is 0. The minimum Gasteiger partial charge on any atom is -0.444 e. The number of nitro groups is 1. The van der Waals surface area contributed by atoms with Gasteiger partial charge in [0.2, 0.25) is 0 Å². The van der Waals surface area contributed by atoms with Gasteiger partial charge in [0.05, 0.1) is 11.0 Å². The van der Waals surface area contributed by atoms with Crippen LogP contribution in [0.25, 0.3) is 0 Å². The second kappa shape index (κ2) is 5.77. The van der Waals surface area contributed by atoms with E-state index >= 15 is 0 Å². The molecule has 0 aliphatic rings. The first-order valence-electron chi connectivity index (χ1n) is 6.13. The van der Waals surface area contributed by atoms with Gasteiger partial charge < -0.3 is 15.8 Å². The van der Waals surface area contributed by atoms with Crippen LogP contribution in [0, 0.1) is 10.1 Å². The number of anilines is 1. The van der Waals surface area contributed by atoms with Crippen molar-refractivity contribution in [3.8, 4) is 0 Å². The Labute approximate surface area is 117 Å². The maximum Gasteiger partial charge on any atom is 0.408 e. The number of nitrogens with two attached hydrogens (primary N) is 1. The van der Waals surface area contributed by atoms with Crippen molar-refractivity contribution in [2.45, 2.75) is 39.3 Å². The lowest BCUT2D eigenvalue weighted by Crippen LogP contribution is -2.34. The minimum atomic E-state index is -0.600. The molecule has 0 aliphatic carbocycles. The average Bonchev–Trinajstić information content (AvgIpc) is 2.26. The highest BCUT2D eigenvalue weighted by atomic mass is 16.6. The summed E-state index contributed by atoms with van der Waals surface area (Å²) < 4.78 is 5.12. The molecule has 0 radical (unpaired) electrons. The van der Waals surface area contributed by atoms with Gasteiger partial charge in [0.25, 0.3) is 5.69 Å². The number of hydrogen-bond donors (Lipinski definition) is 2. The van der Waals surface area contributed by atoms with Crippen LogP contribution in [0.15, 0.2) is 18.2 Å². The first-order chi connectivity index (χ1) is 9.10. The molecule has 0 aliphatic heterocycles. The molecule has 0 saturated carbocycles. The lowest BCUT2D eigenvalue weighted by atomic mass is 10.1. The summed E-state index contributed by atoms with van der Waals surface area (Å²) in [5.74, 6) is 0. The number of carbonyl (C=O) groups excluding carboxylic acids is 1. The van der Waals surface area contributed by atoms with Crippen molar-refractivity contribution in [2.75, 3.05) is 5.73 Å². The summed E-state index contributed by atoms with van der Waals surface area (Å²) in [4.78, 5) is 21.9. The third-order valence-electron chi connectivity index (χ3n) is 2.48. The molecule has 0 saturated heterocycles. The zero-order chi connectivity index (χ0) is 15.5. The number of alkyl carbamates (subject to hydrolysis) is 1. The monoisotopic (exact) mass is 281 g/mol. The first kappa shape index (κ1) is 15.7. The van der Waals surface area contributed by atoms with Gasteiger partial charge in [-0.05, 0) is 39.3 Å². The fourth-order valence-electron chi connectivity index (χ4n) is 1.56. The molecule has 7 nitrogen and oxygen atoms in total. The highest BCUT2D eigenvalue weighted by molar-refractivity contribution is 5.68. The summed E-state index contributed by atoms with van der Waals surface area (Å²) in [6, 6.07) is 3.99. The zero-order valence-corrected chi connectivity index (χ0v) is 12.0. The molecular weight excluding hydrogens is 262 g/mol. The van der Waals surface area contributed by atoms with Gasteiger partial charge in [-0.3, -0.25) is 10.1 Å². The third kappa shape index (κ3) is 4.42. The number of amides is 1. The van der Waals surface area contributed by atoms with Crippen LogP contribution in [0.2, 0.25) is 0 Å². The highest BCUT2D eigenvalue weighted by Gasteiger charge is 2.20. The molecule has 0 unspecified atom stereocenters. The molecule has 0 aromatic heterocycles. The molecular formula is C13H19N3O4. The molecule has 0 heterocycles. The number of nitrogens with zero attached hydrogens (tertiary/aromatic N) is 1. The Bertz CT molecular complexity index is 523. The average molecular weight is 281 g/mol. The van der Waals surface area contributed by atoms with E-state index in [1.54, 1.807) is 33.8 Å². The lowest BCUT2D eigenvalue weighted by Gasteiger charge is -2.22. The maximum absolute atomic E-state index is 11.6. The summed E-state index contributed by atoms with van der Waals surface area (Å²) in [6.45, 7) is 6.97. The van der Waals surface area contributed by atoms with E-state index < -0.39 is 22.7 Å². The van der Waals surface area contributed by atoms with Crippen LogP contribution in [0.3, 0.4) is 0 Å². The number of nitrogens with one attached hydrogen (secondary N) is 1. The first-order valence-corrected chi connectivity index (χ1v) is 6.13. The maximum atomic E-state index is 11.6. The summed E-state index contributed by atoms with van der Waals surface area (Å²) in [5, 5.41) is 13.4. The summed E-state index contributed by atoms with van der Waals surface area (Å²) in [6.07, 6.45) is -0.579. The van der Waals surface area contributed by atoms with Crippen molar-refractivity contribution >= 4 is 17.5 Å². The van der Waals surface area contributed by atoms with Gasteiger partial charge in [-0.25, -0.2) is 4.79 Å². The van der Waals surface area contributed by atoms with E-state index in [1.165, 1.54) is 12.1 Å². The van der Waals surface area contributed by atoms with Gasteiger partial charge >= 0.3 is 6.09 Å². The number of nitro benzene ring substituents is 1.